The molecule has 0 amide bonds. The van der Waals surface area contributed by atoms with Crippen molar-refractivity contribution in [2.75, 3.05) is 37.6 Å². The maximum absolute atomic E-state index is 3.67. The van der Waals surface area contributed by atoms with Gasteiger partial charge in [-0.2, -0.15) is 0 Å². The average molecular weight is 442 g/mol. The van der Waals surface area contributed by atoms with Gasteiger partial charge in [0.2, 0.25) is 0 Å². The maximum Gasteiger partial charge on any atom is 0.0634 e. The Hall–Kier alpha value is -3.02. The minimum absolute atomic E-state index is 0.816. The molecule has 2 N–H and O–H groups in total. The van der Waals surface area contributed by atoms with Crippen molar-refractivity contribution in [1.29, 1.82) is 0 Å². The predicted octanol–water partition coefficient (Wildman–Crippen LogP) is 4.57. The van der Waals surface area contributed by atoms with E-state index in [0.717, 1.165) is 45.0 Å². The van der Waals surface area contributed by atoms with E-state index in [1.165, 1.54) is 46.7 Å². The summed E-state index contributed by atoms with van der Waals surface area (Å²) in [7, 11) is 0. The summed E-state index contributed by atoms with van der Waals surface area (Å²) in [5.74, 6) is 0. The second-order valence-corrected chi connectivity index (χ2v) is 9.26. The number of nitrogens with one attached hydrogen (secondary N) is 2. The fraction of sp³-hybridized carbons (Fsp3) is 0.357. The van der Waals surface area contributed by atoms with Gasteiger partial charge in [0.1, 0.15) is 0 Å². The Labute approximate surface area is 197 Å². The van der Waals surface area contributed by atoms with Gasteiger partial charge in [0.25, 0.3) is 0 Å². The number of fused-ring (bicyclic) bond motifs is 1. The highest BCUT2D eigenvalue weighted by Crippen LogP contribution is 2.29. The van der Waals surface area contributed by atoms with Crippen LogP contribution in [0.1, 0.15) is 34.9 Å². The molecule has 3 heterocycles. The topological polar surface area (TPSA) is 37.5 Å². The van der Waals surface area contributed by atoms with E-state index in [0.29, 0.717) is 0 Å². The third-order valence-electron chi connectivity index (χ3n) is 6.89. The van der Waals surface area contributed by atoms with Crippen molar-refractivity contribution in [3.05, 3.63) is 94.9 Å². The van der Waals surface area contributed by atoms with Crippen molar-refractivity contribution in [3.8, 4) is 0 Å². The molecule has 2 aromatic carbocycles. The van der Waals surface area contributed by atoms with Crippen LogP contribution in [0.4, 0.5) is 5.69 Å². The summed E-state index contributed by atoms with van der Waals surface area (Å²) >= 11 is 0. The second kappa shape index (κ2) is 9.86. The molecule has 1 aromatic heterocycles. The van der Waals surface area contributed by atoms with Gasteiger partial charge in [-0.15, -0.1) is 0 Å². The zero-order valence-electron chi connectivity index (χ0n) is 19.8. The van der Waals surface area contributed by atoms with Crippen LogP contribution in [0, 0.1) is 6.92 Å². The van der Waals surface area contributed by atoms with Crippen LogP contribution in [0.3, 0.4) is 0 Å². The van der Waals surface area contributed by atoms with E-state index in [1.54, 1.807) is 0 Å². The van der Waals surface area contributed by atoms with Gasteiger partial charge < -0.3 is 20.1 Å². The van der Waals surface area contributed by atoms with Crippen LogP contribution >= 0.6 is 0 Å². The summed E-state index contributed by atoms with van der Waals surface area (Å²) in [6, 6.07) is 20.0. The number of anilines is 1. The van der Waals surface area contributed by atoms with Gasteiger partial charge in [0.05, 0.1) is 12.2 Å². The van der Waals surface area contributed by atoms with Gasteiger partial charge in [0.15, 0.2) is 0 Å². The lowest BCUT2D eigenvalue weighted by Crippen LogP contribution is -2.45. The molecular weight excluding hydrogens is 406 g/mol. The molecule has 33 heavy (non-hydrogen) atoms. The van der Waals surface area contributed by atoms with Crippen LogP contribution in [0.5, 0.6) is 0 Å². The van der Waals surface area contributed by atoms with Crippen molar-refractivity contribution >= 4 is 11.4 Å². The highest BCUT2D eigenvalue weighted by Gasteiger charge is 2.20. The van der Waals surface area contributed by atoms with Gasteiger partial charge in [-0.3, -0.25) is 4.90 Å². The monoisotopic (exact) mass is 441 g/mol. The molecule has 0 aliphatic carbocycles. The molecule has 0 unspecified atom stereocenters. The summed E-state index contributed by atoms with van der Waals surface area (Å²) < 4.78 is 0. The van der Waals surface area contributed by atoms with E-state index >= 15 is 0 Å². The van der Waals surface area contributed by atoms with E-state index in [1.807, 2.05) is 6.20 Å². The maximum atomic E-state index is 3.67. The summed E-state index contributed by atoms with van der Waals surface area (Å²) in [6.07, 6.45) is 4.29. The Morgan fingerprint density at radius 3 is 2.45 bits per heavy atom. The van der Waals surface area contributed by atoms with Crippen molar-refractivity contribution in [2.45, 2.75) is 33.5 Å². The van der Waals surface area contributed by atoms with E-state index < -0.39 is 0 Å². The smallest absolute Gasteiger partial charge is 0.0634 e. The summed E-state index contributed by atoms with van der Waals surface area (Å²) in [6.45, 7) is 13.0. The molecule has 0 spiro atoms. The highest BCUT2D eigenvalue weighted by molar-refractivity contribution is 5.72. The molecule has 5 rings (SSSR count). The van der Waals surface area contributed by atoms with Gasteiger partial charge >= 0.3 is 0 Å². The number of piperazine rings is 1. The largest absolute Gasteiger partial charge is 0.379 e. The van der Waals surface area contributed by atoms with Crippen LogP contribution in [-0.2, 0) is 19.6 Å². The van der Waals surface area contributed by atoms with Crippen LogP contribution in [0.25, 0.3) is 5.70 Å². The average Bonchev–Trinajstić information content (AvgIpc) is 3.32. The fourth-order valence-electron chi connectivity index (χ4n) is 4.87. The standard InChI is InChI=1S/C28H35N5/c1-3-31-13-15-32(16-14-31)19-23-7-9-25(10-8-23)33-20-27-26(11-12-29-27)28(21-33)30-18-24-6-4-5-22(2)17-24/h4-12,17,21,29-30H,3,13-16,18-20H2,1-2H3. The number of hydrogen-bond donors (Lipinski definition) is 2. The van der Waals surface area contributed by atoms with E-state index in [9.17, 15) is 0 Å². The second-order valence-electron chi connectivity index (χ2n) is 9.26. The first kappa shape index (κ1) is 21.8. The zero-order chi connectivity index (χ0) is 22.6. The molecule has 0 bridgehead atoms. The minimum atomic E-state index is 0.816. The molecule has 0 atom stereocenters. The van der Waals surface area contributed by atoms with Crippen molar-refractivity contribution < 1.29 is 0 Å². The van der Waals surface area contributed by atoms with Gasteiger partial charge in [0, 0.05) is 68.6 Å². The van der Waals surface area contributed by atoms with E-state index in [4.69, 9.17) is 0 Å². The third-order valence-corrected chi connectivity index (χ3v) is 6.89. The number of nitrogens with zero attached hydrogens (tertiary/aromatic N) is 3. The number of aryl methyl sites for hydroxylation is 1. The van der Waals surface area contributed by atoms with E-state index in [-0.39, 0.29) is 0 Å². The van der Waals surface area contributed by atoms with Crippen LogP contribution in [0.2, 0.25) is 0 Å². The summed E-state index contributed by atoms with van der Waals surface area (Å²) in [5.41, 5.74) is 8.89. The molecule has 0 saturated carbocycles. The number of hydrogen-bond acceptors (Lipinski definition) is 4. The van der Waals surface area contributed by atoms with Crippen LogP contribution in [-0.4, -0.2) is 47.5 Å². The number of aromatic amines is 1. The highest BCUT2D eigenvalue weighted by atomic mass is 15.3. The lowest BCUT2D eigenvalue weighted by molar-refractivity contribution is 0.132. The van der Waals surface area contributed by atoms with Gasteiger partial charge in [-0.05, 0) is 42.8 Å². The van der Waals surface area contributed by atoms with Crippen molar-refractivity contribution in [3.63, 3.8) is 0 Å². The number of aromatic nitrogens is 1. The number of H-pyrrole nitrogens is 1. The summed E-state index contributed by atoms with van der Waals surface area (Å²) in [5, 5.41) is 3.67. The number of benzene rings is 2. The van der Waals surface area contributed by atoms with Gasteiger partial charge in [-0.25, -0.2) is 0 Å². The predicted molar refractivity (Wildman–Crippen MR) is 137 cm³/mol. The lowest BCUT2D eigenvalue weighted by Gasteiger charge is -2.34. The SMILES string of the molecule is CCN1CCN(Cc2ccc(N3C=C(NCc4cccc(C)c4)c4cc[nH]c4C3)cc2)CC1. The Balaban J connectivity index is 1.27. The number of rotatable bonds is 7. The molecule has 2 aliphatic heterocycles. The Kier molecular flexibility index (Phi) is 6.51. The molecule has 5 heteroatoms. The Bertz CT molecular complexity index is 1090. The first-order chi connectivity index (χ1) is 16.2. The molecular formula is C28H35N5. The lowest BCUT2D eigenvalue weighted by atomic mass is 10.1. The molecule has 3 aromatic rings. The van der Waals surface area contributed by atoms with Crippen molar-refractivity contribution in [1.82, 2.24) is 20.1 Å². The Morgan fingerprint density at radius 2 is 1.70 bits per heavy atom. The first-order valence-corrected chi connectivity index (χ1v) is 12.2. The van der Waals surface area contributed by atoms with Gasteiger partial charge in [-0.1, -0.05) is 48.9 Å². The molecule has 2 aliphatic rings. The van der Waals surface area contributed by atoms with Crippen molar-refractivity contribution in [2.24, 2.45) is 0 Å². The van der Waals surface area contributed by atoms with Crippen LogP contribution < -0.4 is 10.2 Å². The fourth-order valence-corrected chi connectivity index (χ4v) is 4.87. The number of likely N-dealkylation sites (N-methyl/N-ethyl adjacent to an activating group) is 1. The van der Waals surface area contributed by atoms with E-state index in [2.05, 4.69) is 99.6 Å². The first-order valence-electron chi connectivity index (χ1n) is 12.2. The third kappa shape index (κ3) is 5.15. The molecule has 1 fully saturated rings. The molecule has 1 saturated heterocycles. The molecule has 0 radical (unpaired) electrons. The molecule has 5 nitrogen and oxygen atoms in total. The zero-order valence-corrected chi connectivity index (χ0v) is 19.8. The Morgan fingerprint density at radius 1 is 0.909 bits per heavy atom. The summed E-state index contributed by atoms with van der Waals surface area (Å²) in [4.78, 5) is 10.9. The quantitative estimate of drug-likeness (QED) is 0.563. The molecule has 172 valence electrons. The normalized spacial score (nSPS) is 17.0. The van der Waals surface area contributed by atoms with Crippen LogP contribution in [0.15, 0.2) is 67.0 Å². The minimum Gasteiger partial charge on any atom is -0.379 e.